The van der Waals surface area contributed by atoms with Crippen LogP contribution >= 0.6 is 0 Å². The monoisotopic (exact) mass is 611 g/mol. The number of phenols is 1. The molecule has 1 aromatic rings. The Morgan fingerprint density at radius 2 is 1.44 bits per heavy atom. The molecule has 18 nitrogen and oxygen atoms in total. The van der Waals surface area contributed by atoms with Crippen molar-refractivity contribution in [2.75, 3.05) is 13.2 Å². The van der Waals surface area contributed by atoms with Crippen molar-refractivity contribution in [1.82, 2.24) is 26.6 Å². The molecule has 43 heavy (non-hydrogen) atoms. The number of hydrogen-bond acceptors (Lipinski definition) is 11. The number of benzene rings is 1. The molecule has 0 saturated carbocycles. The Hall–Kier alpha value is -4.81. The molecule has 13 N–H and O–H groups in total. The Morgan fingerprint density at radius 1 is 0.837 bits per heavy atom. The maximum Gasteiger partial charge on any atom is 0.326 e. The van der Waals surface area contributed by atoms with Gasteiger partial charge in [0.15, 0.2) is 0 Å². The number of carboxylic acid groups (broad SMARTS) is 1. The number of hydrogen-bond donors (Lipinski definition) is 11. The number of nitrogens with one attached hydrogen (secondary N) is 5. The highest BCUT2D eigenvalue weighted by Gasteiger charge is 2.31. The van der Waals surface area contributed by atoms with Gasteiger partial charge in [-0.3, -0.25) is 28.8 Å². The molecule has 1 rings (SSSR count). The van der Waals surface area contributed by atoms with Crippen LogP contribution in [0.2, 0.25) is 0 Å². The number of amides is 6. The molecule has 0 heterocycles. The molecular weight excluding hydrogens is 574 g/mol. The van der Waals surface area contributed by atoms with Crippen molar-refractivity contribution in [2.45, 2.75) is 63.0 Å². The predicted molar refractivity (Wildman–Crippen MR) is 146 cm³/mol. The molecule has 0 fully saturated rings. The fraction of sp³-hybridized carbons (Fsp3) is 0.480. The standard InChI is InChI=1S/C25H37N7O11/c1-11(29-22(39)15(26)8-18(27)36)21(38)31-17(10-33)23(40)32-20(12(2)34)24(41)28-9-19(37)30-16(25(42)43)7-13-3-5-14(35)6-4-13/h3-6,11-12,15-17,20,33-35H,7-10,26H2,1-2H3,(H2,27,36)(H,28,41)(H,29,39)(H,30,37)(H,31,38)(H,32,40)(H,42,43)/t11-,12+,15-,16-,17-,20-/m0/s1. The summed E-state index contributed by atoms with van der Waals surface area (Å²) in [7, 11) is 0. The molecule has 238 valence electrons. The lowest BCUT2D eigenvalue weighted by molar-refractivity contribution is -0.141. The highest BCUT2D eigenvalue weighted by molar-refractivity contribution is 5.96. The van der Waals surface area contributed by atoms with Gasteiger partial charge in [0.05, 0.1) is 31.7 Å². The van der Waals surface area contributed by atoms with Gasteiger partial charge < -0.3 is 58.5 Å². The number of primary amides is 1. The molecule has 0 radical (unpaired) electrons. The average molecular weight is 612 g/mol. The summed E-state index contributed by atoms with van der Waals surface area (Å²) in [6, 6.07) is -1.65. The molecule has 0 aliphatic rings. The van der Waals surface area contributed by atoms with E-state index in [0.29, 0.717) is 5.56 Å². The largest absolute Gasteiger partial charge is 0.508 e. The molecule has 0 aromatic heterocycles. The second-order valence-electron chi connectivity index (χ2n) is 9.52. The first-order valence-corrected chi connectivity index (χ1v) is 12.9. The maximum absolute atomic E-state index is 12.7. The lowest BCUT2D eigenvalue weighted by Gasteiger charge is -2.25. The van der Waals surface area contributed by atoms with E-state index < -0.39 is 97.3 Å². The minimum atomic E-state index is -1.66. The minimum Gasteiger partial charge on any atom is -0.508 e. The number of aromatic hydroxyl groups is 1. The number of aliphatic carboxylic acids is 1. The molecule has 0 saturated heterocycles. The first-order chi connectivity index (χ1) is 20.0. The molecule has 0 aliphatic carbocycles. The Kier molecular flexibility index (Phi) is 14.5. The zero-order valence-electron chi connectivity index (χ0n) is 23.4. The van der Waals surface area contributed by atoms with Crippen LogP contribution < -0.4 is 38.1 Å². The number of aliphatic hydroxyl groups excluding tert-OH is 2. The van der Waals surface area contributed by atoms with Crippen LogP contribution in [0.1, 0.15) is 25.8 Å². The molecule has 6 amide bonds. The Balaban J connectivity index is 2.72. The highest BCUT2D eigenvalue weighted by Crippen LogP contribution is 2.11. The predicted octanol–water partition coefficient (Wildman–Crippen LogP) is -5.33. The second kappa shape index (κ2) is 17.2. The second-order valence-corrected chi connectivity index (χ2v) is 9.52. The van der Waals surface area contributed by atoms with E-state index in [1.165, 1.54) is 31.2 Å². The van der Waals surface area contributed by atoms with Gasteiger partial charge in [0.2, 0.25) is 35.4 Å². The lowest BCUT2D eigenvalue weighted by atomic mass is 10.1. The van der Waals surface area contributed by atoms with Crippen molar-refractivity contribution in [3.8, 4) is 5.75 Å². The van der Waals surface area contributed by atoms with Crippen LogP contribution in [0.25, 0.3) is 0 Å². The van der Waals surface area contributed by atoms with Crippen LogP contribution in [0.15, 0.2) is 24.3 Å². The van der Waals surface area contributed by atoms with Crippen LogP contribution in [0.4, 0.5) is 0 Å². The summed E-state index contributed by atoms with van der Waals surface area (Å²) in [5.74, 6) is -7.11. The van der Waals surface area contributed by atoms with Gasteiger partial charge in [-0.15, -0.1) is 0 Å². The summed E-state index contributed by atoms with van der Waals surface area (Å²) in [6.07, 6.45) is -2.13. The van der Waals surface area contributed by atoms with Gasteiger partial charge in [-0.05, 0) is 31.5 Å². The van der Waals surface area contributed by atoms with E-state index in [2.05, 4.69) is 26.6 Å². The lowest BCUT2D eigenvalue weighted by Crippen LogP contribution is -2.60. The zero-order valence-corrected chi connectivity index (χ0v) is 23.4. The summed E-state index contributed by atoms with van der Waals surface area (Å²) < 4.78 is 0. The van der Waals surface area contributed by atoms with Crippen LogP contribution in [0.5, 0.6) is 5.75 Å². The van der Waals surface area contributed by atoms with Gasteiger partial charge in [-0.25, -0.2) is 4.79 Å². The summed E-state index contributed by atoms with van der Waals surface area (Å²) in [6.45, 7) is 0.690. The molecule has 1 aromatic carbocycles. The number of phenolic OH excluding ortho intramolecular Hbond substituents is 1. The molecular formula is C25H37N7O11. The summed E-state index contributed by atoms with van der Waals surface area (Å²) in [5, 5.41) is 49.3. The van der Waals surface area contributed by atoms with Crippen molar-refractivity contribution < 1.29 is 54.0 Å². The summed E-state index contributed by atoms with van der Waals surface area (Å²) in [5.41, 5.74) is 11.0. The van der Waals surface area contributed by atoms with Crippen molar-refractivity contribution in [3.63, 3.8) is 0 Å². The third-order valence-electron chi connectivity index (χ3n) is 5.82. The Bertz CT molecular complexity index is 1180. The Labute approximate surface area is 245 Å². The fourth-order valence-electron chi connectivity index (χ4n) is 3.44. The van der Waals surface area contributed by atoms with Crippen molar-refractivity contribution >= 4 is 41.4 Å². The van der Waals surface area contributed by atoms with Gasteiger partial charge in [0.25, 0.3) is 0 Å². The zero-order chi connectivity index (χ0) is 32.9. The molecule has 0 spiro atoms. The number of carboxylic acids is 1. The SMILES string of the molecule is C[C@H](NC(=O)[C@@H](N)CC(N)=O)C(=O)N[C@@H](CO)C(=O)N[C@H](C(=O)NCC(=O)N[C@@H](Cc1ccc(O)cc1)C(=O)O)[C@@H](C)O. The minimum absolute atomic E-state index is 0.0307. The number of rotatable bonds is 17. The fourth-order valence-corrected chi connectivity index (χ4v) is 3.44. The van der Waals surface area contributed by atoms with Crippen molar-refractivity contribution in [1.29, 1.82) is 0 Å². The van der Waals surface area contributed by atoms with Gasteiger partial charge in [0.1, 0.15) is 29.9 Å². The molecule has 0 bridgehead atoms. The molecule has 0 unspecified atom stereocenters. The van der Waals surface area contributed by atoms with E-state index in [1.54, 1.807) is 0 Å². The van der Waals surface area contributed by atoms with Crippen LogP contribution in [0, 0.1) is 0 Å². The summed E-state index contributed by atoms with van der Waals surface area (Å²) in [4.78, 5) is 84.5. The van der Waals surface area contributed by atoms with Crippen LogP contribution in [-0.2, 0) is 40.0 Å². The number of nitrogens with two attached hydrogens (primary N) is 2. The number of carbonyl (C=O) groups excluding carboxylic acids is 6. The van der Waals surface area contributed by atoms with E-state index in [4.69, 9.17) is 11.5 Å². The molecule has 0 aliphatic heterocycles. The van der Waals surface area contributed by atoms with E-state index in [-0.39, 0.29) is 12.2 Å². The van der Waals surface area contributed by atoms with E-state index in [1.807, 2.05) is 0 Å². The van der Waals surface area contributed by atoms with E-state index in [9.17, 15) is 54.0 Å². The van der Waals surface area contributed by atoms with E-state index in [0.717, 1.165) is 6.92 Å². The van der Waals surface area contributed by atoms with Crippen molar-refractivity contribution in [2.24, 2.45) is 11.5 Å². The highest BCUT2D eigenvalue weighted by atomic mass is 16.4. The van der Waals surface area contributed by atoms with E-state index >= 15 is 0 Å². The van der Waals surface area contributed by atoms with Crippen LogP contribution in [-0.4, -0.2) is 111 Å². The quantitative estimate of drug-likeness (QED) is 0.0787. The van der Waals surface area contributed by atoms with Crippen molar-refractivity contribution in [3.05, 3.63) is 29.8 Å². The third kappa shape index (κ3) is 12.7. The van der Waals surface area contributed by atoms with Gasteiger partial charge in [-0.2, -0.15) is 0 Å². The first-order valence-electron chi connectivity index (χ1n) is 12.9. The number of carbonyl (C=O) groups is 7. The maximum atomic E-state index is 12.7. The third-order valence-corrected chi connectivity index (χ3v) is 5.82. The molecule has 18 heteroatoms. The van der Waals surface area contributed by atoms with Crippen LogP contribution in [0.3, 0.4) is 0 Å². The van der Waals surface area contributed by atoms with Gasteiger partial charge in [0, 0.05) is 6.42 Å². The molecule has 6 atom stereocenters. The first kappa shape index (κ1) is 36.2. The average Bonchev–Trinajstić information content (AvgIpc) is 2.92. The normalized spacial score (nSPS) is 14.9. The van der Waals surface area contributed by atoms with Gasteiger partial charge >= 0.3 is 5.97 Å². The Morgan fingerprint density at radius 3 is 1.95 bits per heavy atom. The smallest absolute Gasteiger partial charge is 0.326 e. The number of aliphatic hydroxyl groups is 2. The van der Waals surface area contributed by atoms with Gasteiger partial charge in [-0.1, -0.05) is 12.1 Å². The summed E-state index contributed by atoms with van der Waals surface area (Å²) >= 11 is 0. The topological polar surface area (TPSA) is 313 Å².